The summed E-state index contributed by atoms with van der Waals surface area (Å²) in [5.74, 6) is 1.12. The van der Waals surface area contributed by atoms with Crippen LogP contribution in [0.1, 0.15) is 32.0 Å². The zero-order chi connectivity index (χ0) is 31.8. The van der Waals surface area contributed by atoms with Crippen LogP contribution in [0.4, 0.5) is 8.78 Å². The lowest BCUT2D eigenvalue weighted by Crippen LogP contribution is -2.59. The Morgan fingerprint density at radius 3 is 2.28 bits per heavy atom. The summed E-state index contributed by atoms with van der Waals surface area (Å²) in [4.78, 5) is 44.7. The van der Waals surface area contributed by atoms with Gasteiger partial charge in [0.1, 0.15) is 52.6 Å². The number of aromatic nitrogens is 1. The number of halogens is 4. The van der Waals surface area contributed by atoms with E-state index in [-0.39, 0.29) is 22.0 Å². The number of hydrogen-bond donors (Lipinski definition) is 1. The molecule has 1 aliphatic heterocycles. The molecule has 2 heterocycles. The quantitative estimate of drug-likeness (QED) is 0.104. The maximum atomic E-state index is 14.2. The second-order valence-corrected chi connectivity index (χ2v) is 10.7. The third-order valence-electron chi connectivity index (χ3n) is 5.63. The molecule has 1 aromatic carbocycles. The van der Waals surface area contributed by atoms with Gasteiger partial charge < -0.3 is 24.8 Å². The van der Waals surface area contributed by atoms with E-state index >= 15 is 0 Å². The SMILES string of the molecule is CC(=O)OCC1O[C@H](Sc2cnc(C#N)c(Cl)c2)C(OC(C)=O)C(N=CC(=NN)c2cc(F)c(Cl)c(F)c2)[C@H]1OC(C)=O. The summed E-state index contributed by atoms with van der Waals surface area (Å²) < 4.78 is 50.6. The molecule has 0 aliphatic carbocycles. The molecule has 0 saturated carbocycles. The van der Waals surface area contributed by atoms with Crippen molar-refractivity contribution >= 4 is 64.8 Å². The minimum absolute atomic E-state index is 0.0269. The van der Waals surface area contributed by atoms with Gasteiger partial charge in [0.05, 0.1) is 11.2 Å². The van der Waals surface area contributed by atoms with Crippen LogP contribution in [0, 0.1) is 23.0 Å². The molecule has 3 unspecified atom stereocenters. The first kappa shape index (κ1) is 33.7. The third-order valence-corrected chi connectivity index (χ3v) is 7.39. The normalized spacial score (nSPS) is 22.1. The van der Waals surface area contributed by atoms with Crippen molar-refractivity contribution in [2.45, 2.75) is 55.5 Å². The summed E-state index contributed by atoms with van der Waals surface area (Å²) in [5, 5.41) is 12.0. The van der Waals surface area contributed by atoms with E-state index in [9.17, 15) is 23.2 Å². The number of esters is 3. The average molecular weight is 658 g/mol. The number of hydrazone groups is 1. The van der Waals surface area contributed by atoms with Gasteiger partial charge in [0, 0.05) is 37.4 Å². The molecule has 1 aliphatic rings. The van der Waals surface area contributed by atoms with E-state index in [1.54, 1.807) is 0 Å². The minimum atomic E-state index is -1.31. The van der Waals surface area contributed by atoms with Gasteiger partial charge in [-0.2, -0.15) is 10.4 Å². The molecule has 1 saturated heterocycles. The van der Waals surface area contributed by atoms with Crippen molar-refractivity contribution in [3.8, 4) is 6.07 Å². The Kier molecular flexibility index (Phi) is 11.8. The Morgan fingerprint density at radius 1 is 1.12 bits per heavy atom. The molecule has 228 valence electrons. The predicted molar refractivity (Wildman–Crippen MR) is 151 cm³/mol. The van der Waals surface area contributed by atoms with Gasteiger partial charge in [-0.15, -0.1) is 0 Å². The maximum absolute atomic E-state index is 14.2. The van der Waals surface area contributed by atoms with Crippen molar-refractivity contribution in [1.82, 2.24) is 4.98 Å². The van der Waals surface area contributed by atoms with Crippen molar-refractivity contribution in [2.75, 3.05) is 6.61 Å². The molecular formula is C26H23Cl2F2N5O7S. The largest absolute Gasteiger partial charge is 0.463 e. The molecule has 0 radical (unpaired) electrons. The Labute approximate surface area is 258 Å². The standard InChI is InChI=1S/C26H23Cl2F2N5O7S/c1-11(36)39-10-21-24(40-12(2)37)23(34-9-20(35-32)14-4-17(29)22(28)18(30)5-14)25(41-13(3)38)26(42-21)43-15-6-16(27)19(7-31)33-8-15/h4-6,8-9,21,23-26H,10,32H2,1-3H3/t21?,23?,24-,25?,26+/m0/s1. The van der Waals surface area contributed by atoms with Crippen LogP contribution < -0.4 is 5.84 Å². The van der Waals surface area contributed by atoms with E-state index < -0.39 is 71.0 Å². The van der Waals surface area contributed by atoms with Gasteiger partial charge in [-0.25, -0.2) is 13.8 Å². The first-order valence-corrected chi connectivity index (χ1v) is 13.8. The Morgan fingerprint density at radius 2 is 1.74 bits per heavy atom. The zero-order valence-electron chi connectivity index (χ0n) is 22.6. The van der Waals surface area contributed by atoms with Gasteiger partial charge in [0.15, 0.2) is 17.9 Å². The number of carbonyl (C=O) groups excluding carboxylic acids is 3. The van der Waals surface area contributed by atoms with Gasteiger partial charge in [-0.1, -0.05) is 35.0 Å². The molecule has 0 spiro atoms. The third kappa shape index (κ3) is 8.83. The van der Waals surface area contributed by atoms with Gasteiger partial charge in [-0.3, -0.25) is 19.4 Å². The van der Waals surface area contributed by atoms with Crippen molar-refractivity contribution in [1.29, 1.82) is 5.26 Å². The predicted octanol–water partition coefficient (Wildman–Crippen LogP) is 3.58. The van der Waals surface area contributed by atoms with Gasteiger partial charge in [-0.05, 0) is 18.2 Å². The number of benzene rings is 1. The highest BCUT2D eigenvalue weighted by atomic mass is 35.5. The van der Waals surface area contributed by atoms with Crippen LogP contribution in [-0.2, 0) is 33.3 Å². The van der Waals surface area contributed by atoms with Crippen LogP contribution >= 0.6 is 35.0 Å². The molecule has 2 aromatic rings. The molecule has 1 fully saturated rings. The summed E-state index contributed by atoms with van der Waals surface area (Å²) in [5.41, 5.74) is -1.48. The monoisotopic (exact) mass is 657 g/mol. The highest BCUT2D eigenvalue weighted by Crippen LogP contribution is 2.38. The molecule has 0 amide bonds. The van der Waals surface area contributed by atoms with E-state index in [2.05, 4.69) is 15.1 Å². The first-order chi connectivity index (χ1) is 20.3. The summed E-state index contributed by atoms with van der Waals surface area (Å²) in [6.45, 7) is 3.00. The number of carbonyl (C=O) groups is 3. The molecule has 1 aromatic heterocycles. The van der Waals surface area contributed by atoms with Crippen molar-refractivity contribution in [3.63, 3.8) is 0 Å². The molecule has 12 nitrogen and oxygen atoms in total. The second kappa shape index (κ2) is 15.1. The van der Waals surface area contributed by atoms with E-state index in [0.29, 0.717) is 4.90 Å². The van der Waals surface area contributed by atoms with Gasteiger partial charge in [0.25, 0.3) is 0 Å². The van der Waals surface area contributed by atoms with E-state index in [0.717, 1.165) is 50.9 Å². The van der Waals surface area contributed by atoms with E-state index in [1.807, 2.05) is 6.07 Å². The fourth-order valence-electron chi connectivity index (χ4n) is 3.89. The number of thioether (sulfide) groups is 1. The summed E-state index contributed by atoms with van der Waals surface area (Å²) in [6, 6.07) is 3.77. The van der Waals surface area contributed by atoms with Crippen molar-refractivity contribution in [2.24, 2.45) is 15.9 Å². The van der Waals surface area contributed by atoms with Crippen LogP contribution in [0.25, 0.3) is 0 Å². The van der Waals surface area contributed by atoms with Crippen LogP contribution in [0.5, 0.6) is 0 Å². The average Bonchev–Trinajstić information content (AvgIpc) is 2.93. The smallest absolute Gasteiger partial charge is 0.303 e. The van der Waals surface area contributed by atoms with Crippen LogP contribution in [-0.4, -0.2) is 71.2 Å². The Bertz CT molecular complexity index is 1480. The molecule has 0 bridgehead atoms. The van der Waals surface area contributed by atoms with Gasteiger partial charge in [0.2, 0.25) is 0 Å². The molecule has 5 atom stereocenters. The second-order valence-electron chi connectivity index (χ2n) is 8.76. The number of nitriles is 1. The number of hydrogen-bond acceptors (Lipinski definition) is 13. The zero-order valence-corrected chi connectivity index (χ0v) is 25.0. The van der Waals surface area contributed by atoms with Gasteiger partial charge >= 0.3 is 17.9 Å². The number of ether oxygens (including phenoxy) is 4. The maximum Gasteiger partial charge on any atom is 0.303 e. The fourth-order valence-corrected chi connectivity index (χ4v) is 5.39. The fraction of sp³-hybridized carbons (Fsp3) is 0.346. The minimum Gasteiger partial charge on any atom is -0.463 e. The number of nitrogens with two attached hydrogens (primary N) is 1. The molecule has 17 heteroatoms. The topological polar surface area (TPSA) is 176 Å². The lowest BCUT2D eigenvalue weighted by atomic mass is 9.97. The highest BCUT2D eigenvalue weighted by molar-refractivity contribution is 7.99. The number of pyridine rings is 1. The lowest BCUT2D eigenvalue weighted by Gasteiger charge is -2.43. The summed E-state index contributed by atoms with van der Waals surface area (Å²) >= 11 is 12.7. The Balaban J connectivity index is 2.11. The lowest BCUT2D eigenvalue weighted by molar-refractivity contribution is -0.200. The van der Waals surface area contributed by atoms with E-state index in [1.165, 1.54) is 12.3 Å². The Hall–Kier alpha value is -3.84. The first-order valence-electron chi connectivity index (χ1n) is 12.2. The molecule has 43 heavy (non-hydrogen) atoms. The molecular weight excluding hydrogens is 635 g/mol. The van der Waals surface area contributed by atoms with Crippen LogP contribution in [0.2, 0.25) is 10.0 Å². The number of aliphatic imine (C=N–C) groups is 1. The number of rotatable bonds is 9. The number of nitrogens with zero attached hydrogens (tertiary/aromatic N) is 4. The van der Waals surface area contributed by atoms with Crippen LogP contribution in [0.3, 0.4) is 0 Å². The molecule has 3 rings (SSSR count). The van der Waals surface area contributed by atoms with Crippen LogP contribution in [0.15, 0.2) is 39.4 Å². The van der Waals surface area contributed by atoms with Crippen molar-refractivity contribution in [3.05, 3.63) is 57.3 Å². The highest BCUT2D eigenvalue weighted by Gasteiger charge is 2.50. The van der Waals surface area contributed by atoms with Crippen molar-refractivity contribution < 1.29 is 42.1 Å². The summed E-state index contributed by atoms with van der Waals surface area (Å²) in [6.07, 6.45) is -1.37. The van der Waals surface area contributed by atoms with E-state index in [4.69, 9.17) is 53.3 Å². The summed E-state index contributed by atoms with van der Waals surface area (Å²) in [7, 11) is 0. The molecule has 2 N–H and O–H groups in total.